The van der Waals surface area contributed by atoms with Gasteiger partial charge < -0.3 is 5.32 Å². The Bertz CT molecular complexity index is 555. The first-order chi connectivity index (χ1) is 10.3. The van der Waals surface area contributed by atoms with Crippen molar-refractivity contribution in [1.29, 1.82) is 0 Å². The van der Waals surface area contributed by atoms with E-state index in [-0.39, 0.29) is 5.91 Å². The maximum atomic E-state index is 11.6. The Balaban J connectivity index is 1.83. The molecule has 2 aromatic rings. The number of carbonyl (C=O) groups is 1. The lowest BCUT2D eigenvalue weighted by molar-refractivity contribution is -0.116. The highest BCUT2D eigenvalue weighted by molar-refractivity contribution is 7.98. The molecule has 0 bridgehead atoms. The molecular weight excluding hydrogens is 280 g/mol. The van der Waals surface area contributed by atoms with E-state index in [9.17, 15) is 4.79 Å². The number of aromatic nitrogens is 1. The molecule has 4 heteroatoms. The number of nitrogens with one attached hydrogen (secondary N) is 1. The molecule has 0 saturated heterocycles. The van der Waals surface area contributed by atoms with Crippen LogP contribution in [0.3, 0.4) is 0 Å². The second-order valence-corrected chi connectivity index (χ2v) is 5.87. The van der Waals surface area contributed by atoms with Gasteiger partial charge in [0.05, 0.1) is 0 Å². The summed E-state index contributed by atoms with van der Waals surface area (Å²) < 4.78 is 0. The predicted octanol–water partition coefficient (Wildman–Crippen LogP) is 4.50. The number of unbranched alkanes of at least 4 members (excludes halogenated alkanes) is 1. The van der Waals surface area contributed by atoms with E-state index in [2.05, 4.69) is 23.3 Å². The lowest BCUT2D eigenvalue weighted by atomic mass is 10.2. The Kier molecular flexibility index (Phi) is 6.28. The van der Waals surface area contributed by atoms with Crippen LogP contribution < -0.4 is 5.32 Å². The molecule has 0 aliphatic carbocycles. The third-order valence-electron chi connectivity index (χ3n) is 3.02. The Hall–Kier alpha value is -1.81. The largest absolute Gasteiger partial charge is 0.326 e. The third kappa shape index (κ3) is 5.60. The van der Waals surface area contributed by atoms with Gasteiger partial charge in [-0.2, -0.15) is 0 Å². The molecule has 1 aromatic heterocycles. The molecular formula is C17H20N2OS. The van der Waals surface area contributed by atoms with Gasteiger partial charge in [-0.05, 0) is 42.3 Å². The molecule has 1 heterocycles. The molecule has 1 aromatic carbocycles. The summed E-state index contributed by atoms with van der Waals surface area (Å²) in [5.41, 5.74) is 2.07. The number of amides is 1. The summed E-state index contributed by atoms with van der Waals surface area (Å²) in [5, 5.41) is 2.92. The van der Waals surface area contributed by atoms with Crippen LogP contribution in [-0.4, -0.2) is 10.9 Å². The van der Waals surface area contributed by atoms with Gasteiger partial charge in [0.2, 0.25) is 5.91 Å². The maximum Gasteiger partial charge on any atom is 0.224 e. The second kappa shape index (κ2) is 8.47. The Morgan fingerprint density at radius 2 is 2.05 bits per heavy atom. The molecule has 21 heavy (non-hydrogen) atoms. The highest BCUT2D eigenvalue weighted by Crippen LogP contribution is 2.24. The number of pyridine rings is 1. The number of carbonyl (C=O) groups excluding carboxylic acids is 1. The quantitative estimate of drug-likeness (QED) is 0.765. The predicted molar refractivity (Wildman–Crippen MR) is 88.4 cm³/mol. The standard InChI is InChI=1S/C17H20N2OS/c1-2-3-6-17(20)19-15-7-9-16(10-8-15)21-13-14-5-4-11-18-12-14/h4-5,7-12H,2-3,6,13H2,1H3,(H,19,20). The Labute approximate surface area is 130 Å². The first-order valence-electron chi connectivity index (χ1n) is 7.19. The van der Waals surface area contributed by atoms with Crippen LogP contribution in [0.5, 0.6) is 0 Å². The summed E-state index contributed by atoms with van der Waals surface area (Å²) in [7, 11) is 0. The Morgan fingerprint density at radius 3 is 2.71 bits per heavy atom. The summed E-state index contributed by atoms with van der Waals surface area (Å²) in [5.74, 6) is 0.989. The van der Waals surface area contributed by atoms with E-state index in [1.54, 1.807) is 18.0 Å². The smallest absolute Gasteiger partial charge is 0.224 e. The van der Waals surface area contributed by atoms with Crippen LogP contribution in [0.1, 0.15) is 31.7 Å². The van der Waals surface area contributed by atoms with Gasteiger partial charge in [0.25, 0.3) is 0 Å². The molecule has 0 saturated carbocycles. The molecule has 1 N–H and O–H groups in total. The van der Waals surface area contributed by atoms with Crippen molar-refractivity contribution in [1.82, 2.24) is 4.98 Å². The number of nitrogens with zero attached hydrogens (tertiary/aromatic N) is 1. The zero-order chi connectivity index (χ0) is 14.9. The van der Waals surface area contributed by atoms with E-state index in [0.29, 0.717) is 6.42 Å². The summed E-state index contributed by atoms with van der Waals surface area (Å²) in [6.45, 7) is 2.08. The fraction of sp³-hybridized carbons (Fsp3) is 0.294. The number of benzene rings is 1. The molecule has 1 amide bonds. The molecule has 0 aliphatic rings. The lowest BCUT2D eigenvalue weighted by Crippen LogP contribution is -2.10. The van der Waals surface area contributed by atoms with E-state index in [1.165, 1.54) is 10.5 Å². The maximum absolute atomic E-state index is 11.6. The van der Waals surface area contributed by atoms with Crippen LogP contribution >= 0.6 is 11.8 Å². The van der Waals surface area contributed by atoms with Gasteiger partial charge in [0.15, 0.2) is 0 Å². The average Bonchev–Trinajstić information content (AvgIpc) is 2.53. The van der Waals surface area contributed by atoms with Crippen LogP contribution in [0, 0.1) is 0 Å². The van der Waals surface area contributed by atoms with Crippen molar-refractivity contribution in [2.45, 2.75) is 36.8 Å². The van der Waals surface area contributed by atoms with E-state index in [4.69, 9.17) is 0 Å². The van der Waals surface area contributed by atoms with Crippen molar-refractivity contribution >= 4 is 23.4 Å². The highest BCUT2D eigenvalue weighted by atomic mass is 32.2. The van der Waals surface area contributed by atoms with Crippen molar-refractivity contribution in [3.8, 4) is 0 Å². The number of hydrogen-bond donors (Lipinski definition) is 1. The minimum atomic E-state index is 0.0904. The highest BCUT2D eigenvalue weighted by Gasteiger charge is 2.02. The number of hydrogen-bond acceptors (Lipinski definition) is 3. The van der Waals surface area contributed by atoms with Gasteiger partial charge >= 0.3 is 0 Å². The van der Waals surface area contributed by atoms with Crippen LogP contribution in [0.15, 0.2) is 53.7 Å². The first-order valence-corrected chi connectivity index (χ1v) is 8.18. The molecule has 2 rings (SSSR count). The van der Waals surface area contributed by atoms with Crippen LogP contribution in [0.4, 0.5) is 5.69 Å². The molecule has 0 atom stereocenters. The van der Waals surface area contributed by atoms with Crippen molar-refractivity contribution < 1.29 is 4.79 Å². The summed E-state index contributed by atoms with van der Waals surface area (Å²) in [6, 6.07) is 12.0. The lowest BCUT2D eigenvalue weighted by Gasteiger charge is -2.06. The van der Waals surface area contributed by atoms with Crippen LogP contribution in [0.25, 0.3) is 0 Å². The van der Waals surface area contributed by atoms with Crippen molar-refractivity contribution in [2.75, 3.05) is 5.32 Å². The zero-order valence-corrected chi connectivity index (χ0v) is 13.0. The van der Waals surface area contributed by atoms with Crippen LogP contribution in [0.2, 0.25) is 0 Å². The van der Waals surface area contributed by atoms with Gasteiger partial charge in [-0.3, -0.25) is 9.78 Å². The summed E-state index contributed by atoms with van der Waals surface area (Å²) in [4.78, 5) is 16.9. The fourth-order valence-electron chi connectivity index (χ4n) is 1.85. The molecule has 0 aliphatic heterocycles. The van der Waals surface area contributed by atoms with E-state index in [0.717, 1.165) is 24.3 Å². The van der Waals surface area contributed by atoms with Gasteiger partial charge in [-0.1, -0.05) is 19.4 Å². The van der Waals surface area contributed by atoms with Gasteiger partial charge in [0, 0.05) is 35.2 Å². The third-order valence-corrected chi connectivity index (χ3v) is 4.11. The minimum Gasteiger partial charge on any atom is -0.326 e. The molecule has 0 spiro atoms. The molecule has 3 nitrogen and oxygen atoms in total. The molecule has 0 unspecified atom stereocenters. The number of anilines is 1. The fourth-order valence-corrected chi connectivity index (χ4v) is 2.68. The second-order valence-electron chi connectivity index (χ2n) is 4.83. The van der Waals surface area contributed by atoms with E-state index < -0.39 is 0 Å². The number of thioether (sulfide) groups is 1. The minimum absolute atomic E-state index is 0.0904. The van der Waals surface area contributed by atoms with Gasteiger partial charge in [0.1, 0.15) is 0 Å². The SMILES string of the molecule is CCCCC(=O)Nc1ccc(SCc2cccnc2)cc1. The number of rotatable bonds is 7. The molecule has 110 valence electrons. The monoisotopic (exact) mass is 300 g/mol. The molecule has 0 radical (unpaired) electrons. The van der Waals surface area contributed by atoms with Crippen molar-refractivity contribution in [3.05, 3.63) is 54.4 Å². The van der Waals surface area contributed by atoms with Crippen molar-refractivity contribution in [2.24, 2.45) is 0 Å². The van der Waals surface area contributed by atoms with Crippen LogP contribution in [-0.2, 0) is 10.5 Å². The van der Waals surface area contributed by atoms with E-state index in [1.807, 2.05) is 36.5 Å². The average molecular weight is 300 g/mol. The molecule has 0 fully saturated rings. The van der Waals surface area contributed by atoms with Gasteiger partial charge in [-0.25, -0.2) is 0 Å². The summed E-state index contributed by atoms with van der Waals surface area (Å²) in [6.07, 6.45) is 6.23. The topological polar surface area (TPSA) is 42.0 Å². The van der Waals surface area contributed by atoms with E-state index >= 15 is 0 Å². The summed E-state index contributed by atoms with van der Waals surface area (Å²) >= 11 is 1.76. The normalized spacial score (nSPS) is 10.3. The first kappa shape index (κ1) is 15.6. The zero-order valence-electron chi connectivity index (χ0n) is 12.2. The Morgan fingerprint density at radius 1 is 1.24 bits per heavy atom. The van der Waals surface area contributed by atoms with Crippen molar-refractivity contribution in [3.63, 3.8) is 0 Å². The van der Waals surface area contributed by atoms with Gasteiger partial charge in [-0.15, -0.1) is 11.8 Å².